The molecule has 1 N–H and O–H groups in total. The number of halogens is 1. The Bertz CT molecular complexity index is 974. The molecule has 1 aromatic carbocycles. The molecule has 3 aromatic rings. The van der Waals surface area contributed by atoms with Crippen molar-refractivity contribution in [2.45, 2.75) is 25.4 Å². The van der Waals surface area contributed by atoms with Crippen molar-refractivity contribution in [3.63, 3.8) is 0 Å². The maximum Gasteiger partial charge on any atom is 0.224 e. The third-order valence-corrected chi connectivity index (χ3v) is 5.09. The van der Waals surface area contributed by atoms with Crippen molar-refractivity contribution < 1.29 is 14.6 Å². The fourth-order valence-electron chi connectivity index (χ4n) is 3.51. The Hall–Kier alpha value is -2.28. The summed E-state index contributed by atoms with van der Waals surface area (Å²) in [6, 6.07) is 9.56. The van der Waals surface area contributed by atoms with Crippen molar-refractivity contribution in [1.82, 2.24) is 15.0 Å². The van der Waals surface area contributed by atoms with Gasteiger partial charge in [-0.2, -0.15) is 4.98 Å². The van der Waals surface area contributed by atoms with Crippen molar-refractivity contribution in [2.24, 2.45) is 0 Å². The first-order valence-electron chi connectivity index (χ1n) is 8.89. The van der Waals surface area contributed by atoms with Crippen molar-refractivity contribution >= 4 is 22.6 Å². The smallest absolute Gasteiger partial charge is 0.224 e. The topological polar surface area (TPSA) is 77.4 Å². The molecule has 1 aliphatic rings. The number of aliphatic hydroxyl groups excluding tert-OH is 1. The molecule has 0 atom stereocenters. The van der Waals surface area contributed by atoms with Crippen molar-refractivity contribution in [1.29, 1.82) is 0 Å². The number of methoxy groups -OCH3 is 1. The monoisotopic (exact) mass is 385 g/mol. The van der Waals surface area contributed by atoms with Gasteiger partial charge in [0.05, 0.1) is 25.1 Å². The van der Waals surface area contributed by atoms with E-state index in [0.717, 1.165) is 48.4 Å². The van der Waals surface area contributed by atoms with Crippen molar-refractivity contribution in [3.8, 4) is 17.0 Å². The third-order valence-electron chi connectivity index (χ3n) is 4.92. The highest BCUT2D eigenvalue weighted by Gasteiger charge is 2.21. The van der Waals surface area contributed by atoms with Crippen LogP contribution in [0.3, 0.4) is 0 Å². The Morgan fingerprint density at radius 3 is 2.70 bits per heavy atom. The molecule has 1 fully saturated rings. The van der Waals surface area contributed by atoms with Gasteiger partial charge in [-0.25, -0.2) is 9.97 Å². The van der Waals surface area contributed by atoms with Crippen LogP contribution >= 0.6 is 11.6 Å². The van der Waals surface area contributed by atoms with E-state index in [1.165, 1.54) is 0 Å². The van der Waals surface area contributed by atoms with Crippen molar-refractivity contribution in [3.05, 3.63) is 46.9 Å². The maximum atomic E-state index is 9.56. The molecule has 0 spiro atoms. The highest BCUT2D eigenvalue weighted by atomic mass is 35.5. The van der Waals surface area contributed by atoms with Gasteiger partial charge >= 0.3 is 0 Å². The van der Waals surface area contributed by atoms with Crippen LogP contribution in [-0.4, -0.2) is 40.4 Å². The molecule has 1 saturated heterocycles. The summed E-state index contributed by atoms with van der Waals surface area (Å²) < 4.78 is 10.7. The second-order valence-electron chi connectivity index (χ2n) is 6.52. The first-order valence-corrected chi connectivity index (χ1v) is 9.27. The number of rotatable bonds is 4. The minimum Gasteiger partial charge on any atom is -0.496 e. The predicted molar refractivity (Wildman–Crippen MR) is 103 cm³/mol. The zero-order valence-electron chi connectivity index (χ0n) is 15.0. The van der Waals surface area contributed by atoms with Crippen LogP contribution in [0.1, 0.15) is 30.0 Å². The van der Waals surface area contributed by atoms with Crippen LogP contribution in [0, 0.1) is 0 Å². The lowest BCUT2D eigenvalue weighted by atomic mass is 9.94. The standard InChI is InChI=1S/C20H20ClN3O3/c1-26-17-5-2-13(10-14(17)11-25)16-4-3-15-18(12-6-8-27-9-7-12)23-20(21)24-19(15)22-16/h2-5,10,12,25H,6-9,11H2,1H3. The molecule has 0 bridgehead atoms. The summed E-state index contributed by atoms with van der Waals surface area (Å²) in [5.74, 6) is 0.950. The number of hydrogen-bond donors (Lipinski definition) is 1. The number of fused-ring (bicyclic) bond motifs is 1. The molecule has 1 aliphatic heterocycles. The Morgan fingerprint density at radius 2 is 1.96 bits per heavy atom. The molecule has 3 heterocycles. The predicted octanol–water partition coefficient (Wildman–Crippen LogP) is 3.74. The largest absolute Gasteiger partial charge is 0.496 e. The molecule has 0 amide bonds. The number of aliphatic hydroxyl groups is 1. The van der Waals surface area contributed by atoms with Crippen LogP contribution in [0.2, 0.25) is 5.28 Å². The van der Waals surface area contributed by atoms with Crippen LogP contribution in [0.5, 0.6) is 5.75 Å². The van der Waals surface area contributed by atoms with Crippen LogP contribution in [0.4, 0.5) is 0 Å². The number of ether oxygens (including phenoxy) is 2. The zero-order valence-corrected chi connectivity index (χ0v) is 15.7. The van der Waals surface area contributed by atoms with Crippen LogP contribution < -0.4 is 4.74 Å². The Balaban J connectivity index is 1.78. The van der Waals surface area contributed by atoms with Crippen LogP contribution in [-0.2, 0) is 11.3 Å². The molecule has 6 nitrogen and oxygen atoms in total. The number of hydrogen-bond acceptors (Lipinski definition) is 6. The van der Waals surface area contributed by atoms with E-state index in [-0.39, 0.29) is 11.9 Å². The Labute approximate surface area is 162 Å². The quantitative estimate of drug-likeness (QED) is 0.689. The molecule has 0 unspecified atom stereocenters. The molecule has 0 saturated carbocycles. The summed E-state index contributed by atoms with van der Waals surface area (Å²) in [6.07, 6.45) is 1.84. The molecule has 0 radical (unpaired) electrons. The van der Waals surface area contributed by atoms with Gasteiger partial charge in [-0.15, -0.1) is 0 Å². The first kappa shape index (κ1) is 18.1. The molecule has 2 aromatic heterocycles. The zero-order chi connectivity index (χ0) is 18.8. The summed E-state index contributed by atoms with van der Waals surface area (Å²) in [5, 5.41) is 10.7. The van der Waals surface area contributed by atoms with Crippen LogP contribution in [0.15, 0.2) is 30.3 Å². The average molecular weight is 386 g/mol. The molecule has 7 heteroatoms. The SMILES string of the molecule is COc1ccc(-c2ccc3c(C4CCOCC4)nc(Cl)nc3n2)cc1CO. The normalized spacial score (nSPS) is 15.2. The Morgan fingerprint density at radius 1 is 1.15 bits per heavy atom. The summed E-state index contributed by atoms with van der Waals surface area (Å²) in [7, 11) is 1.58. The van der Waals surface area contributed by atoms with Gasteiger partial charge in [0.1, 0.15) is 5.75 Å². The van der Waals surface area contributed by atoms with E-state index in [4.69, 9.17) is 26.1 Å². The first-order chi connectivity index (χ1) is 13.2. The summed E-state index contributed by atoms with van der Waals surface area (Å²) >= 11 is 6.19. The Kier molecular flexibility index (Phi) is 5.20. The van der Waals surface area contributed by atoms with Gasteiger partial charge in [-0.1, -0.05) is 0 Å². The van der Waals surface area contributed by atoms with Gasteiger partial charge in [0.15, 0.2) is 5.65 Å². The molecular weight excluding hydrogens is 366 g/mol. The molecule has 140 valence electrons. The highest BCUT2D eigenvalue weighted by Crippen LogP contribution is 2.32. The second kappa shape index (κ2) is 7.76. The van der Waals surface area contributed by atoms with Gasteiger partial charge in [0, 0.05) is 35.6 Å². The van der Waals surface area contributed by atoms with E-state index in [0.29, 0.717) is 22.9 Å². The van der Waals surface area contributed by atoms with Crippen LogP contribution in [0.25, 0.3) is 22.3 Å². The highest BCUT2D eigenvalue weighted by molar-refractivity contribution is 6.28. The van der Waals surface area contributed by atoms with E-state index in [2.05, 4.69) is 9.97 Å². The minimum absolute atomic E-state index is 0.105. The van der Waals surface area contributed by atoms with E-state index >= 15 is 0 Å². The fraction of sp³-hybridized carbons (Fsp3) is 0.350. The second-order valence-corrected chi connectivity index (χ2v) is 6.85. The lowest BCUT2D eigenvalue weighted by molar-refractivity contribution is 0.0848. The van der Waals surface area contributed by atoms with Gasteiger partial charge in [-0.05, 0) is 54.8 Å². The summed E-state index contributed by atoms with van der Waals surface area (Å²) in [6.45, 7) is 1.36. The van der Waals surface area contributed by atoms with E-state index < -0.39 is 0 Å². The van der Waals surface area contributed by atoms with Gasteiger partial charge in [0.2, 0.25) is 5.28 Å². The summed E-state index contributed by atoms with van der Waals surface area (Å²) in [5.41, 5.74) is 3.87. The fourth-order valence-corrected chi connectivity index (χ4v) is 3.68. The van der Waals surface area contributed by atoms with E-state index in [9.17, 15) is 5.11 Å². The van der Waals surface area contributed by atoms with Gasteiger partial charge in [-0.3, -0.25) is 0 Å². The minimum atomic E-state index is -0.105. The van der Waals surface area contributed by atoms with E-state index in [1.54, 1.807) is 7.11 Å². The maximum absolute atomic E-state index is 9.56. The number of benzene rings is 1. The molecular formula is C20H20ClN3O3. The van der Waals surface area contributed by atoms with Gasteiger partial charge in [0.25, 0.3) is 0 Å². The average Bonchev–Trinajstić information content (AvgIpc) is 2.72. The van der Waals surface area contributed by atoms with Crippen molar-refractivity contribution in [2.75, 3.05) is 20.3 Å². The third kappa shape index (κ3) is 3.60. The molecule has 27 heavy (non-hydrogen) atoms. The number of aromatic nitrogens is 3. The lowest BCUT2D eigenvalue weighted by Gasteiger charge is -2.22. The lowest BCUT2D eigenvalue weighted by Crippen LogP contribution is -2.16. The number of nitrogens with zero attached hydrogens (tertiary/aromatic N) is 3. The van der Waals surface area contributed by atoms with E-state index in [1.807, 2.05) is 30.3 Å². The molecule has 0 aliphatic carbocycles. The van der Waals surface area contributed by atoms with Gasteiger partial charge < -0.3 is 14.6 Å². The molecule has 4 rings (SSSR count). The number of pyridine rings is 1. The summed E-state index contributed by atoms with van der Waals surface area (Å²) in [4.78, 5) is 13.5.